The lowest BCUT2D eigenvalue weighted by atomic mass is 10.3. The van der Waals surface area contributed by atoms with Gasteiger partial charge in [-0.2, -0.15) is 0 Å². The molecular weight excluding hydrogens is 144 g/mol. The summed E-state index contributed by atoms with van der Waals surface area (Å²) < 4.78 is 9.65. The van der Waals surface area contributed by atoms with Crippen molar-refractivity contribution in [3.05, 3.63) is 6.92 Å². The van der Waals surface area contributed by atoms with E-state index in [0.29, 0.717) is 19.7 Å². The predicted octanol–water partition coefficient (Wildman–Crippen LogP) is 1.18. The molecule has 0 saturated carbocycles. The molecule has 0 aliphatic heterocycles. The second-order valence-electron chi connectivity index (χ2n) is 2.14. The molecule has 65 valence electrons. The minimum atomic E-state index is 0.469. The standard InChI is InChI=1S/C8H15O3/c1-2-5-10-6-3-4-7-11-8-9/h8H,1-7H2. The van der Waals surface area contributed by atoms with Crippen molar-refractivity contribution in [2.24, 2.45) is 0 Å². The zero-order valence-corrected chi connectivity index (χ0v) is 6.75. The summed E-state index contributed by atoms with van der Waals surface area (Å²) in [5.41, 5.74) is 0. The van der Waals surface area contributed by atoms with Crippen LogP contribution in [0, 0.1) is 6.92 Å². The Balaban J connectivity index is 2.74. The Labute approximate surface area is 67.7 Å². The zero-order valence-electron chi connectivity index (χ0n) is 6.75. The van der Waals surface area contributed by atoms with Crippen LogP contribution in [0.25, 0.3) is 0 Å². The first kappa shape index (κ1) is 10.4. The van der Waals surface area contributed by atoms with Gasteiger partial charge in [-0.1, -0.05) is 6.92 Å². The van der Waals surface area contributed by atoms with Gasteiger partial charge in [0.2, 0.25) is 0 Å². The number of carbonyl (C=O) groups is 1. The van der Waals surface area contributed by atoms with E-state index in [1.165, 1.54) is 0 Å². The summed E-state index contributed by atoms with van der Waals surface area (Å²) in [6, 6.07) is 0. The third-order valence-corrected chi connectivity index (χ3v) is 1.16. The van der Waals surface area contributed by atoms with E-state index in [2.05, 4.69) is 11.7 Å². The van der Waals surface area contributed by atoms with Crippen LogP contribution in [-0.2, 0) is 14.3 Å². The molecule has 3 heteroatoms. The number of carbonyl (C=O) groups excluding carboxylic acids is 1. The Hall–Kier alpha value is -0.570. The highest BCUT2D eigenvalue weighted by atomic mass is 16.5. The van der Waals surface area contributed by atoms with E-state index < -0.39 is 0 Å². The third kappa shape index (κ3) is 9.43. The van der Waals surface area contributed by atoms with Crippen molar-refractivity contribution < 1.29 is 14.3 Å². The fourth-order valence-electron chi connectivity index (χ4n) is 0.642. The van der Waals surface area contributed by atoms with Crippen LogP contribution in [0.15, 0.2) is 0 Å². The van der Waals surface area contributed by atoms with Gasteiger partial charge < -0.3 is 9.47 Å². The molecule has 3 nitrogen and oxygen atoms in total. The largest absolute Gasteiger partial charge is 0.468 e. The van der Waals surface area contributed by atoms with Crippen LogP contribution in [0.5, 0.6) is 0 Å². The highest BCUT2D eigenvalue weighted by Crippen LogP contribution is 1.90. The average molecular weight is 159 g/mol. The van der Waals surface area contributed by atoms with Crippen molar-refractivity contribution in [1.29, 1.82) is 0 Å². The molecule has 0 bridgehead atoms. The van der Waals surface area contributed by atoms with Crippen molar-refractivity contribution in [2.45, 2.75) is 19.3 Å². The highest BCUT2D eigenvalue weighted by molar-refractivity contribution is 5.36. The lowest BCUT2D eigenvalue weighted by molar-refractivity contribution is -0.128. The van der Waals surface area contributed by atoms with Gasteiger partial charge in [0, 0.05) is 13.2 Å². The molecule has 0 aromatic carbocycles. The number of ether oxygens (including phenoxy) is 2. The smallest absolute Gasteiger partial charge is 0.293 e. The van der Waals surface area contributed by atoms with Gasteiger partial charge in [-0.25, -0.2) is 0 Å². The van der Waals surface area contributed by atoms with Crippen molar-refractivity contribution >= 4 is 6.47 Å². The van der Waals surface area contributed by atoms with Gasteiger partial charge in [0.25, 0.3) is 6.47 Å². The molecule has 0 saturated heterocycles. The van der Waals surface area contributed by atoms with Crippen LogP contribution in [-0.4, -0.2) is 26.3 Å². The first-order valence-electron chi connectivity index (χ1n) is 3.84. The summed E-state index contributed by atoms with van der Waals surface area (Å²) in [5, 5.41) is 0. The summed E-state index contributed by atoms with van der Waals surface area (Å²) >= 11 is 0. The predicted molar refractivity (Wildman–Crippen MR) is 42.0 cm³/mol. The minimum Gasteiger partial charge on any atom is -0.468 e. The zero-order chi connectivity index (χ0) is 8.36. The summed E-state index contributed by atoms with van der Waals surface area (Å²) in [6.45, 7) is 6.05. The molecule has 1 radical (unpaired) electrons. The van der Waals surface area contributed by atoms with Gasteiger partial charge in [-0.05, 0) is 19.3 Å². The number of rotatable bonds is 8. The average Bonchev–Trinajstić information content (AvgIpc) is 2.03. The number of unbranched alkanes of at least 4 members (excludes halogenated alkanes) is 1. The van der Waals surface area contributed by atoms with Crippen LogP contribution in [0.4, 0.5) is 0 Å². The molecular formula is C8H15O3. The van der Waals surface area contributed by atoms with Gasteiger partial charge >= 0.3 is 0 Å². The number of hydrogen-bond acceptors (Lipinski definition) is 3. The van der Waals surface area contributed by atoms with Crippen molar-refractivity contribution in [3.8, 4) is 0 Å². The van der Waals surface area contributed by atoms with Crippen molar-refractivity contribution in [3.63, 3.8) is 0 Å². The van der Waals surface area contributed by atoms with Crippen molar-refractivity contribution in [1.82, 2.24) is 0 Å². The summed E-state index contributed by atoms with van der Waals surface area (Å²) in [5.74, 6) is 0. The van der Waals surface area contributed by atoms with E-state index in [-0.39, 0.29) is 0 Å². The lowest BCUT2D eigenvalue weighted by Crippen LogP contribution is -1.98. The Kier molecular flexibility index (Phi) is 8.94. The molecule has 0 aromatic heterocycles. The topological polar surface area (TPSA) is 35.5 Å². The molecule has 0 N–H and O–H groups in total. The minimum absolute atomic E-state index is 0.469. The maximum absolute atomic E-state index is 9.68. The van der Waals surface area contributed by atoms with Gasteiger partial charge in [-0.3, -0.25) is 4.79 Å². The SMILES string of the molecule is [CH2]CCOCCCCOC=O. The lowest BCUT2D eigenvalue weighted by Gasteiger charge is -2.00. The molecule has 0 spiro atoms. The molecule has 0 aliphatic rings. The van der Waals surface area contributed by atoms with E-state index in [1.54, 1.807) is 0 Å². The van der Waals surface area contributed by atoms with Crippen LogP contribution >= 0.6 is 0 Å². The fourth-order valence-corrected chi connectivity index (χ4v) is 0.642. The summed E-state index contributed by atoms with van der Waals surface area (Å²) in [6.07, 6.45) is 2.62. The summed E-state index contributed by atoms with van der Waals surface area (Å²) in [7, 11) is 0. The second kappa shape index (κ2) is 9.43. The molecule has 0 amide bonds. The van der Waals surface area contributed by atoms with Crippen LogP contribution in [0.2, 0.25) is 0 Å². The third-order valence-electron chi connectivity index (χ3n) is 1.16. The first-order valence-corrected chi connectivity index (χ1v) is 3.84. The monoisotopic (exact) mass is 159 g/mol. The quantitative estimate of drug-likeness (QED) is 0.394. The van der Waals surface area contributed by atoms with E-state index in [4.69, 9.17) is 4.74 Å². The molecule has 11 heavy (non-hydrogen) atoms. The first-order chi connectivity index (χ1) is 5.41. The molecule has 0 aromatic rings. The van der Waals surface area contributed by atoms with Gasteiger partial charge in [0.1, 0.15) is 0 Å². The molecule has 0 aliphatic carbocycles. The number of hydrogen-bond donors (Lipinski definition) is 0. The van der Waals surface area contributed by atoms with Crippen LogP contribution < -0.4 is 0 Å². The second-order valence-corrected chi connectivity index (χ2v) is 2.14. The maximum atomic E-state index is 9.68. The highest BCUT2D eigenvalue weighted by Gasteiger charge is 1.88. The molecule has 0 unspecified atom stereocenters. The Morgan fingerprint density at radius 3 is 2.55 bits per heavy atom. The molecule has 0 heterocycles. The Bertz CT molecular complexity index is 83.4. The van der Waals surface area contributed by atoms with E-state index in [0.717, 1.165) is 25.9 Å². The Morgan fingerprint density at radius 2 is 1.91 bits per heavy atom. The van der Waals surface area contributed by atoms with Crippen LogP contribution in [0.3, 0.4) is 0 Å². The molecule has 0 atom stereocenters. The molecule has 0 rings (SSSR count). The maximum Gasteiger partial charge on any atom is 0.293 e. The van der Waals surface area contributed by atoms with Crippen LogP contribution in [0.1, 0.15) is 19.3 Å². The normalized spacial score (nSPS) is 9.55. The van der Waals surface area contributed by atoms with Crippen molar-refractivity contribution in [2.75, 3.05) is 19.8 Å². The fraction of sp³-hybridized carbons (Fsp3) is 0.750. The van der Waals surface area contributed by atoms with Gasteiger partial charge in [-0.15, -0.1) is 0 Å². The molecule has 0 fully saturated rings. The van der Waals surface area contributed by atoms with E-state index >= 15 is 0 Å². The van der Waals surface area contributed by atoms with E-state index in [1.807, 2.05) is 0 Å². The Morgan fingerprint density at radius 1 is 1.18 bits per heavy atom. The van der Waals surface area contributed by atoms with E-state index in [9.17, 15) is 4.79 Å². The van der Waals surface area contributed by atoms with Gasteiger partial charge in [0.15, 0.2) is 0 Å². The van der Waals surface area contributed by atoms with Gasteiger partial charge in [0.05, 0.1) is 6.61 Å². The summed E-state index contributed by atoms with van der Waals surface area (Å²) in [4.78, 5) is 9.68.